The Morgan fingerprint density at radius 3 is 2.40 bits per heavy atom. The molecule has 4 rings (SSSR count). The van der Waals surface area contributed by atoms with Gasteiger partial charge in [-0.15, -0.1) is 11.3 Å². The number of thiophene rings is 1. The van der Waals surface area contributed by atoms with Gasteiger partial charge >= 0.3 is 0 Å². The molecule has 2 aromatic rings. The van der Waals surface area contributed by atoms with Gasteiger partial charge in [-0.2, -0.15) is 0 Å². The van der Waals surface area contributed by atoms with E-state index in [2.05, 4.69) is 28.5 Å². The van der Waals surface area contributed by atoms with E-state index in [4.69, 9.17) is 11.6 Å². The van der Waals surface area contributed by atoms with E-state index < -0.39 is 0 Å². The van der Waals surface area contributed by atoms with E-state index in [0.717, 1.165) is 37.5 Å². The zero-order valence-electron chi connectivity index (χ0n) is 17.3. The first-order chi connectivity index (χ1) is 14.6. The van der Waals surface area contributed by atoms with Crippen molar-refractivity contribution in [1.82, 2.24) is 14.7 Å². The highest BCUT2D eigenvalue weighted by molar-refractivity contribution is 7.10. The van der Waals surface area contributed by atoms with Gasteiger partial charge in [0.2, 0.25) is 11.8 Å². The monoisotopic (exact) mass is 445 g/mol. The van der Waals surface area contributed by atoms with Gasteiger partial charge < -0.3 is 9.80 Å². The summed E-state index contributed by atoms with van der Waals surface area (Å²) in [6.07, 6.45) is 2.34. The van der Waals surface area contributed by atoms with Crippen LogP contribution in [0.15, 0.2) is 35.7 Å². The maximum Gasteiger partial charge on any atom is 0.236 e. The molecular weight excluding hydrogens is 418 g/mol. The van der Waals surface area contributed by atoms with Crippen molar-refractivity contribution in [3.05, 3.63) is 56.7 Å². The topological polar surface area (TPSA) is 43.9 Å². The van der Waals surface area contributed by atoms with Crippen molar-refractivity contribution in [2.75, 3.05) is 39.3 Å². The number of benzene rings is 1. The van der Waals surface area contributed by atoms with Crippen LogP contribution < -0.4 is 0 Å². The maximum atomic E-state index is 13.2. The summed E-state index contributed by atoms with van der Waals surface area (Å²) in [5.74, 6) is 0.326. The first-order valence-electron chi connectivity index (χ1n) is 10.7. The van der Waals surface area contributed by atoms with Gasteiger partial charge in [0.25, 0.3) is 0 Å². The Morgan fingerprint density at radius 1 is 1.00 bits per heavy atom. The van der Waals surface area contributed by atoms with Crippen molar-refractivity contribution in [2.45, 2.75) is 32.2 Å². The second-order valence-corrected chi connectivity index (χ2v) is 9.38. The number of rotatable bonds is 4. The summed E-state index contributed by atoms with van der Waals surface area (Å²) in [7, 11) is 0. The van der Waals surface area contributed by atoms with E-state index in [1.54, 1.807) is 11.3 Å². The van der Waals surface area contributed by atoms with Crippen LogP contribution in [0.25, 0.3) is 0 Å². The third kappa shape index (κ3) is 4.56. The van der Waals surface area contributed by atoms with Crippen molar-refractivity contribution in [3.63, 3.8) is 0 Å². The van der Waals surface area contributed by atoms with Crippen molar-refractivity contribution < 1.29 is 9.59 Å². The van der Waals surface area contributed by atoms with Crippen molar-refractivity contribution in [3.8, 4) is 0 Å². The van der Waals surface area contributed by atoms with E-state index in [0.29, 0.717) is 26.1 Å². The van der Waals surface area contributed by atoms with Crippen LogP contribution >= 0.6 is 22.9 Å². The third-order valence-corrected chi connectivity index (χ3v) is 7.34. The molecule has 0 radical (unpaired) electrons. The molecule has 0 bridgehead atoms. The zero-order valence-corrected chi connectivity index (χ0v) is 18.9. The molecule has 0 N–H and O–H groups in total. The Kier molecular flexibility index (Phi) is 6.76. The minimum absolute atomic E-state index is 0.0753. The summed E-state index contributed by atoms with van der Waals surface area (Å²) in [5, 5.41) is 2.87. The summed E-state index contributed by atoms with van der Waals surface area (Å²) in [5.41, 5.74) is 2.47. The molecule has 0 spiro atoms. The van der Waals surface area contributed by atoms with Gasteiger partial charge in [-0.1, -0.05) is 30.7 Å². The Hall–Kier alpha value is -1.89. The Bertz CT molecular complexity index is 898. The molecule has 5 nitrogen and oxygen atoms in total. The van der Waals surface area contributed by atoms with E-state index in [-0.39, 0.29) is 17.9 Å². The van der Waals surface area contributed by atoms with Gasteiger partial charge in [-0.3, -0.25) is 14.5 Å². The standard InChI is InChI=1S/C23H28ClN3O2S/c1-2-21(28)25-10-3-11-26(14-13-25)22(29)16-27-12-8-20-19(9-15-30-20)23(27)17-4-6-18(24)7-5-17/h4-7,9,15,23H,2-3,8,10-14,16H2,1H3. The lowest BCUT2D eigenvalue weighted by molar-refractivity contribution is -0.134. The number of halogens is 1. The molecule has 2 amide bonds. The number of hydrogen-bond donors (Lipinski definition) is 0. The summed E-state index contributed by atoms with van der Waals surface area (Å²) >= 11 is 7.91. The SMILES string of the molecule is CCC(=O)N1CCCN(C(=O)CN2CCc3sccc3C2c2ccc(Cl)cc2)CC1. The Morgan fingerprint density at radius 2 is 1.70 bits per heavy atom. The molecule has 160 valence electrons. The van der Waals surface area contributed by atoms with Crippen LogP contribution in [0.2, 0.25) is 5.02 Å². The van der Waals surface area contributed by atoms with Gasteiger partial charge in [0.15, 0.2) is 0 Å². The summed E-state index contributed by atoms with van der Waals surface area (Å²) < 4.78 is 0. The molecule has 2 aliphatic rings. The first-order valence-corrected chi connectivity index (χ1v) is 11.9. The predicted octanol–water partition coefficient (Wildman–Crippen LogP) is 3.82. The first kappa shape index (κ1) is 21.3. The fourth-order valence-corrected chi connectivity index (χ4v) is 5.52. The second kappa shape index (κ2) is 9.50. The van der Waals surface area contributed by atoms with Gasteiger partial charge in [0.05, 0.1) is 12.6 Å². The number of hydrogen-bond acceptors (Lipinski definition) is 4. The highest BCUT2D eigenvalue weighted by Crippen LogP contribution is 2.38. The van der Waals surface area contributed by atoms with Crippen LogP contribution in [0.3, 0.4) is 0 Å². The molecule has 1 unspecified atom stereocenters. The molecule has 1 aromatic carbocycles. The number of amides is 2. The van der Waals surface area contributed by atoms with Crippen LogP contribution in [0.4, 0.5) is 0 Å². The Labute approximate surface area is 187 Å². The summed E-state index contributed by atoms with van der Waals surface area (Å²) in [6, 6.07) is 10.2. The van der Waals surface area contributed by atoms with Crippen LogP contribution in [-0.2, 0) is 16.0 Å². The molecule has 3 heterocycles. The predicted molar refractivity (Wildman–Crippen MR) is 121 cm³/mol. The zero-order chi connectivity index (χ0) is 21.1. The van der Waals surface area contributed by atoms with E-state index in [1.807, 2.05) is 28.9 Å². The lowest BCUT2D eigenvalue weighted by Crippen LogP contribution is -2.45. The van der Waals surface area contributed by atoms with Gasteiger partial charge in [-0.25, -0.2) is 0 Å². The summed E-state index contributed by atoms with van der Waals surface area (Å²) in [4.78, 5) is 32.8. The molecule has 1 aromatic heterocycles. The van der Waals surface area contributed by atoms with Gasteiger partial charge in [0.1, 0.15) is 0 Å². The van der Waals surface area contributed by atoms with Crippen LogP contribution in [0.1, 0.15) is 41.8 Å². The average Bonchev–Trinajstić information content (AvgIpc) is 3.09. The van der Waals surface area contributed by atoms with Gasteiger partial charge in [-0.05, 0) is 47.5 Å². The van der Waals surface area contributed by atoms with Crippen LogP contribution in [0, 0.1) is 0 Å². The lowest BCUT2D eigenvalue weighted by atomic mass is 9.93. The van der Waals surface area contributed by atoms with E-state index in [9.17, 15) is 9.59 Å². The molecule has 1 saturated heterocycles. The van der Waals surface area contributed by atoms with Crippen LogP contribution in [0.5, 0.6) is 0 Å². The van der Waals surface area contributed by atoms with Crippen molar-refractivity contribution >= 4 is 34.8 Å². The normalized spacial score (nSPS) is 20.0. The quantitative estimate of drug-likeness (QED) is 0.718. The molecule has 30 heavy (non-hydrogen) atoms. The smallest absolute Gasteiger partial charge is 0.236 e. The maximum absolute atomic E-state index is 13.2. The van der Waals surface area contributed by atoms with Gasteiger partial charge in [0, 0.05) is 49.0 Å². The number of carbonyl (C=O) groups excluding carboxylic acids is 2. The molecule has 7 heteroatoms. The molecule has 1 fully saturated rings. The number of nitrogens with zero attached hydrogens (tertiary/aromatic N) is 3. The molecule has 1 atom stereocenters. The minimum atomic E-state index is 0.0753. The lowest BCUT2D eigenvalue weighted by Gasteiger charge is -2.37. The second-order valence-electron chi connectivity index (χ2n) is 7.94. The van der Waals surface area contributed by atoms with Crippen molar-refractivity contribution in [2.24, 2.45) is 0 Å². The average molecular weight is 446 g/mol. The largest absolute Gasteiger partial charge is 0.341 e. The number of carbonyl (C=O) groups is 2. The molecule has 2 aliphatic heterocycles. The van der Waals surface area contributed by atoms with E-state index in [1.165, 1.54) is 16.0 Å². The molecule has 0 aliphatic carbocycles. The fraction of sp³-hybridized carbons (Fsp3) is 0.478. The summed E-state index contributed by atoms with van der Waals surface area (Å²) in [6.45, 7) is 5.86. The highest BCUT2D eigenvalue weighted by Gasteiger charge is 2.32. The Balaban J connectivity index is 1.49. The number of fused-ring (bicyclic) bond motifs is 1. The minimum Gasteiger partial charge on any atom is -0.341 e. The van der Waals surface area contributed by atoms with Crippen molar-refractivity contribution in [1.29, 1.82) is 0 Å². The van der Waals surface area contributed by atoms with E-state index >= 15 is 0 Å². The fourth-order valence-electron chi connectivity index (χ4n) is 4.49. The highest BCUT2D eigenvalue weighted by atomic mass is 35.5. The van der Waals surface area contributed by atoms with Crippen LogP contribution in [-0.4, -0.2) is 65.8 Å². The third-order valence-electron chi connectivity index (χ3n) is 6.09. The molecule has 0 saturated carbocycles. The molecular formula is C23H28ClN3O2S.